The van der Waals surface area contributed by atoms with Crippen LogP contribution in [0.2, 0.25) is 18.1 Å². The maximum Gasteiger partial charge on any atom is 0.192 e. The van der Waals surface area contributed by atoms with Crippen LogP contribution in [0.15, 0.2) is 11.5 Å². The number of thioether (sulfide) groups is 1. The van der Waals surface area contributed by atoms with E-state index in [-0.39, 0.29) is 17.5 Å². The number of aliphatic hydroxyl groups excluding tert-OH is 2. The maximum absolute atomic E-state index is 10.7. The Morgan fingerprint density at radius 1 is 1.29 bits per heavy atom. The van der Waals surface area contributed by atoms with E-state index in [1.807, 2.05) is 6.26 Å². The number of anilines is 1. The normalized spacial score (nSPS) is 26.3. The van der Waals surface area contributed by atoms with Crippen molar-refractivity contribution in [2.45, 2.75) is 68.6 Å². The van der Waals surface area contributed by atoms with Gasteiger partial charge in [-0.25, -0.2) is 15.0 Å². The molecule has 0 saturated carbocycles. The van der Waals surface area contributed by atoms with Crippen LogP contribution >= 0.6 is 11.8 Å². The molecule has 9 nitrogen and oxygen atoms in total. The van der Waals surface area contributed by atoms with E-state index in [1.54, 1.807) is 4.57 Å². The number of nitrogens with two attached hydrogens (primary N) is 1. The second-order valence-corrected chi connectivity index (χ2v) is 14.1. The molecule has 3 rings (SSSR count). The second kappa shape index (κ2) is 7.54. The van der Waals surface area contributed by atoms with Crippen LogP contribution < -0.4 is 5.73 Å². The summed E-state index contributed by atoms with van der Waals surface area (Å²) in [5, 5.41) is 21.9. The molecule has 0 aromatic carbocycles. The monoisotopic (exact) mass is 427 g/mol. The Hall–Kier alpha value is -1.24. The topological polar surface area (TPSA) is 129 Å². The number of imidazole rings is 1. The highest BCUT2D eigenvalue weighted by atomic mass is 32.2. The number of ether oxygens (including phenoxy) is 1. The van der Waals surface area contributed by atoms with Gasteiger partial charge in [0.2, 0.25) is 0 Å². The van der Waals surface area contributed by atoms with Gasteiger partial charge in [0, 0.05) is 0 Å². The number of nitrogen functional groups attached to an aromatic ring is 1. The summed E-state index contributed by atoms with van der Waals surface area (Å²) in [7, 11) is -2.01. The first-order valence-electron chi connectivity index (χ1n) is 9.16. The Morgan fingerprint density at radius 2 is 1.96 bits per heavy atom. The third kappa shape index (κ3) is 3.66. The van der Waals surface area contributed by atoms with Crippen molar-refractivity contribution in [3.8, 4) is 0 Å². The van der Waals surface area contributed by atoms with E-state index in [0.29, 0.717) is 16.3 Å². The molecule has 1 aliphatic heterocycles. The van der Waals surface area contributed by atoms with Crippen molar-refractivity contribution in [2.75, 3.05) is 18.6 Å². The summed E-state index contributed by atoms with van der Waals surface area (Å²) in [6.07, 6.45) is -0.522. The van der Waals surface area contributed by atoms with Crippen LogP contribution in [-0.2, 0) is 9.16 Å². The molecule has 0 aliphatic carbocycles. The molecule has 3 heterocycles. The van der Waals surface area contributed by atoms with Gasteiger partial charge in [-0.05, 0) is 24.4 Å². The van der Waals surface area contributed by atoms with Gasteiger partial charge < -0.3 is 25.1 Å². The second-order valence-electron chi connectivity index (χ2n) is 8.52. The van der Waals surface area contributed by atoms with Gasteiger partial charge in [0.05, 0.1) is 6.61 Å². The Labute approximate surface area is 169 Å². The van der Waals surface area contributed by atoms with Gasteiger partial charge >= 0.3 is 0 Å². The molecule has 1 aliphatic rings. The van der Waals surface area contributed by atoms with Crippen molar-refractivity contribution < 1.29 is 19.4 Å². The van der Waals surface area contributed by atoms with Crippen molar-refractivity contribution in [3.05, 3.63) is 6.33 Å². The Morgan fingerprint density at radius 3 is 2.57 bits per heavy atom. The van der Waals surface area contributed by atoms with Gasteiger partial charge in [-0.1, -0.05) is 32.5 Å². The molecule has 4 N–H and O–H groups in total. The summed E-state index contributed by atoms with van der Waals surface area (Å²) >= 11 is 1.37. The van der Waals surface area contributed by atoms with E-state index in [0.717, 1.165) is 0 Å². The van der Waals surface area contributed by atoms with Gasteiger partial charge in [-0.15, -0.1) is 0 Å². The van der Waals surface area contributed by atoms with E-state index in [2.05, 4.69) is 48.8 Å². The van der Waals surface area contributed by atoms with Crippen LogP contribution in [0.4, 0.5) is 5.82 Å². The molecular formula is C17H29N5O4SSi. The predicted molar refractivity (Wildman–Crippen MR) is 111 cm³/mol. The fourth-order valence-electron chi connectivity index (χ4n) is 2.87. The first-order chi connectivity index (χ1) is 13.0. The highest BCUT2D eigenvalue weighted by Gasteiger charge is 2.47. The lowest BCUT2D eigenvalue weighted by molar-refractivity contribution is -0.0529. The minimum absolute atomic E-state index is 0.0373. The number of hydrogen-bond acceptors (Lipinski definition) is 9. The van der Waals surface area contributed by atoms with Gasteiger partial charge in [0.15, 0.2) is 36.7 Å². The molecule has 11 heteroatoms. The molecule has 2 aromatic heterocycles. The average molecular weight is 428 g/mol. The van der Waals surface area contributed by atoms with E-state index in [9.17, 15) is 10.2 Å². The molecule has 2 aromatic rings. The number of fused-ring (bicyclic) bond motifs is 1. The van der Waals surface area contributed by atoms with Crippen molar-refractivity contribution in [2.24, 2.45) is 0 Å². The molecule has 1 saturated heterocycles. The summed E-state index contributed by atoms with van der Waals surface area (Å²) < 4.78 is 13.9. The van der Waals surface area contributed by atoms with Gasteiger partial charge in [-0.3, -0.25) is 4.57 Å². The number of aliphatic hydroxyl groups is 2. The standard InChI is InChI=1S/C17H29N5O4SSi/c1-17(2,3)28(5,6)25-7-9-11(23)12(24)15(26-9)22-14-10(21-16(22)27-4)13(18)19-8-20-14/h8-9,11-12,15,23-24H,7H2,1-6H3,(H2,18,19,20)/t9-,11-,12-,15-/m1/s1. The quantitative estimate of drug-likeness (QED) is 0.483. The lowest BCUT2D eigenvalue weighted by atomic mass is 10.1. The molecule has 0 unspecified atom stereocenters. The van der Waals surface area contributed by atoms with Crippen LogP contribution in [0, 0.1) is 0 Å². The van der Waals surface area contributed by atoms with E-state index in [1.165, 1.54) is 18.1 Å². The van der Waals surface area contributed by atoms with Gasteiger partial charge in [0.25, 0.3) is 0 Å². The van der Waals surface area contributed by atoms with E-state index >= 15 is 0 Å². The molecular weight excluding hydrogens is 398 g/mol. The van der Waals surface area contributed by atoms with Crippen molar-refractivity contribution >= 4 is 37.1 Å². The first-order valence-corrected chi connectivity index (χ1v) is 13.3. The lowest BCUT2D eigenvalue weighted by Crippen LogP contribution is -2.44. The molecule has 0 bridgehead atoms. The highest BCUT2D eigenvalue weighted by Crippen LogP contribution is 2.39. The predicted octanol–water partition coefficient (Wildman–Crippen LogP) is 1.77. The van der Waals surface area contributed by atoms with Gasteiger partial charge in [0.1, 0.15) is 24.6 Å². The Bertz CT molecular complexity index is 856. The molecule has 4 atom stereocenters. The third-order valence-electron chi connectivity index (χ3n) is 5.66. The average Bonchev–Trinajstić information content (AvgIpc) is 3.12. The molecule has 1 fully saturated rings. The minimum Gasteiger partial charge on any atom is -0.414 e. The smallest absolute Gasteiger partial charge is 0.192 e. The third-order valence-corrected chi connectivity index (χ3v) is 10.8. The van der Waals surface area contributed by atoms with Crippen molar-refractivity contribution in [1.82, 2.24) is 19.5 Å². The summed E-state index contributed by atoms with van der Waals surface area (Å²) in [4.78, 5) is 12.7. The largest absolute Gasteiger partial charge is 0.414 e. The fraction of sp³-hybridized carbons (Fsp3) is 0.706. The zero-order valence-electron chi connectivity index (χ0n) is 17.1. The van der Waals surface area contributed by atoms with E-state index < -0.39 is 32.9 Å². The molecule has 0 amide bonds. The number of rotatable bonds is 5. The number of hydrogen-bond donors (Lipinski definition) is 3. The first kappa shape index (κ1) is 21.5. The summed E-state index contributed by atoms with van der Waals surface area (Å²) in [6.45, 7) is 10.9. The zero-order valence-corrected chi connectivity index (χ0v) is 18.9. The van der Waals surface area contributed by atoms with Crippen LogP contribution in [0.5, 0.6) is 0 Å². The highest BCUT2D eigenvalue weighted by molar-refractivity contribution is 7.98. The van der Waals surface area contributed by atoms with Crippen LogP contribution in [0.3, 0.4) is 0 Å². The van der Waals surface area contributed by atoms with Gasteiger partial charge in [-0.2, -0.15) is 0 Å². The number of nitrogens with zero attached hydrogens (tertiary/aromatic N) is 4. The van der Waals surface area contributed by atoms with Crippen LogP contribution in [0.25, 0.3) is 11.2 Å². The van der Waals surface area contributed by atoms with Crippen LogP contribution in [0.1, 0.15) is 27.0 Å². The lowest BCUT2D eigenvalue weighted by Gasteiger charge is -2.37. The maximum atomic E-state index is 10.7. The SMILES string of the molecule is CSc1nc2c(N)ncnc2n1[C@@H]1O[C@H](CO[Si](C)(C)C(C)(C)C)[C@@H](O)[C@H]1O. The molecule has 156 valence electrons. The molecule has 0 spiro atoms. The summed E-state index contributed by atoms with van der Waals surface area (Å²) in [5.74, 6) is 0.255. The molecule has 0 radical (unpaired) electrons. The summed E-state index contributed by atoms with van der Waals surface area (Å²) in [5.41, 5.74) is 6.81. The number of aromatic nitrogens is 4. The Kier molecular flexibility index (Phi) is 5.78. The van der Waals surface area contributed by atoms with Crippen molar-refractivity contribution in [3.63, 3.8) is 0 Å². The zero-order chi connectivity index (χ0) is 20.9. The molecule has 28 heavy (non-hydrogen) atoms. The van der Waals surface area contributed by atoms with E-state index in [4.69, 9.17) is 14.9 Å². The van der Waals surface area contributed by atoms with Crippen molar-refractivity contribution in [1.29, 1.82) is 0 Å². The fourth-order valence-corrected chi connectivity index (χ4v) is 4.45. The minimum atomic E-state index is -2.01. The Balaban J connectivity index is 1.87. The summed E-state index contributed by atoms with van der Waals surface area (Å²) in [6, 6.07) is 0. The van der Waals surface area contributed by atoms with Crippen LogP contribution in [-0.4, -0.2) is 69.2 Å².